The second-order valence-corrected chi connectivity index (χ2v) is 8.15. The van der Waals surface area contributed by atoms with Crippen LogP contribution >= 0.6 is 22.7 Å². The first-order valence-corrected chi connectivity index (χ1v) is 10.2. The van der Waals surface area contributed by atoms with Crippen LogP contribution in [0.5, 0.6) is 11.5 Å². The summed E-state index contributed by atoms with van der Waals surface area (Å²) in [4.78, 5) is 9.51. The lowest BCUT2D eigenvalue weighted by Crippen LogP contribution is -1.97. The molecule has 0 fully saturated rings. The van der Waals surface area contributed by atoms with E-state index in [0.29, 0.717) is 13.2 Å². The molecular weight excluding hydrogens is 364 g/mol. The number of fused-ring (bicyclic) bond motifs is 2. The van der Waals surface area contributed by atoms with E-state index in [0.717, 1.165) is 51.1 Å². The maximum Gasteiger partial charge on any atom is 0.161 e. The summed E-state index contributed by atoms with van der Waals surface area (Å²) < 4.78 is 12.7. The van der Waals surface area contributed by atoms with Crippen molar-refractivity contribution in [2.75, 3.05) is 13.2 Å². The average molecular weight is 380 g/mol. The number of ether oxygens (including phenoxy) is 2. The van der Waals surface area contributed by atoms with E-state index in [1.165, 1.54) is 4.70 Å². The van der Waals surface area contributed by atoms with Gasteiger partial charge in [0.05, 0.1) is 35.5 Å². The summed E-state index contributed by atoms with van der Waals surface area (Å²) in [6.07, 6.45) is 1.68. The van der Waals surface area contributed by atoms with Gasteiger partial charge in [-0.15, -0.1) is 22.7 Å². The Kier molecular flexibility index (Phi) is 4.07. The largest absolute Gasteiger partial charge is 0.490 e. The van der Waals surface area contributed by atoms with E-state index in [1.807, 2.05) is 24.3 Å². The Hall–Kier alpha value is -2.44. The molecule has 0 bridgehead atoms. The maximum atomic E-state index is 5.79. The van der Waals surface area contributed by atoms with Crippen molar-refractivity contribution in [1.82, 2.24) is 9.97 Å². The third kappa shape index (κ3) is 3.06. The van der Waals surface area contributed by atoms with Crippen LogP contribution in [0.2, 0.25) is 0 Å². The van der Waals surface area contributed by atoms with Gasteiger partial charge in [-0.2, -0.15) is 0 Å². The highest BCUT2D eigenvalue weighted by molar-refractivity contribution is 7.18. The van der Waals surface area contributed by atoms with Crippen molar-refractivity contribution in [3.05, 3.63) is 57.9 Å². The van der Waals surface area contributed by atoms with E-state index in [9.17, 15) is 0 Å². The minimum absolute atomic E-state index is 0.691. The van der Waals surface area contributed by atoms with Crippen molar-refractivity contribution in [1.29, 1.82) is 0 Å². The highest BCUT2D eigenvalue weighted by atomic mass is 32.1. The topological polar surface area (TPSA) is 44.2 Å². The molecule has 0 saturated heterocycles. The van der Waals surface area contributed by atoms with Gasteiger partial charge in [-0.1, -0.05) is 12.1 Å². The molecule has 26 heavy (non-hydrogen) atoms. The van der Waals surface area contributed by atoms with Gasteiger partial charge in [0, 0.05) is 17.4 Å². The monoisotopic (exact) mass is 380 g/mol. The third-order valence-electron chi connectivity index (χ3n) is 4.24. The van der Waals surface area contributed by atoms with Gasteiger partial charge in [-0.25, -0.2) is 9.97 Å². The molecule has 0 unspecified atom stereocenters. The summed E-state index contributed by atoms with van der Waals surface area (Å²) in [5.74, 6) is 1.62. The molecule has 1 aliphatic heterocycles. The molecule has 6 heteroatoms. The Balaban J connectivity index is 1.40. The van der Waals surface area contributed by atoms with Crippen molar-refractivity contribution in [3.8, 4) is 22.8 Å². The molecular formula is C20H16N2O2S2. The fourth-order valence-electron chi connectivity index (χ4n) is 2.97. The number of aromatic nitrogens is 2. The Labute approximate surface area is 159 Å². The first-order valence-electron chi connectivity index (χ1n) is 8.54. The fraction of sp³-hybridized carbons (Fsp3) is 0.200. The van der Waals surface area contributed by atoms with Crippen LogP contribution in [-0.4, -0.2) is 23.2 Å². The van der Waals surface area contributed by atoms with Crippen LogP contribution in [0.1, 0.15) is 16.4 Å². The van der Waals surface area contributed by atoms with Crippen molar-refractivity contribution >= 4 is 32.9 Å². The van der Waals surface area contributed by atoms with Crippen LogP contribution in [0.15, 0.2) is 47.8 Å². The molecule has 4 aromatic rings. The van der Waals surface area contributed by atoms with Crippen molar-refractivity contribution in [3.63, 3.8) is 0 Å². The highest BCUT2D eigenvalue weighted by Crippen LogP contribution is 2.35. The van der Waals surface area contributed by atoms with E-state index in [2.05, 4.69) is 23.6 Å². The summed E-state index contributed by atoms with van der Waals surface area (Å²) in [7, 11) is 0. The smallest absolute Gasteiger partial charge is 0.161 e. The van der Waals surface area contributed by atoms with Gasteiger partial charge in [-0.05, 0) is 30.3 Å². The van der Waals surface area contributed by atoms with Crippen LogP contribution in [0.25, 0.3) is 21.5 Å². The molecule has 0 atom stereocenters. The van der Waals surface area contributed by atoms with E-state index in [-0.39, 0.29) is 0 Å². The van der Waals surface area contributed by atoms with Crippen LogP contribution in [0.4, 0.5) is 0 Å². The summed E-state index contributed by atoms with van der Waals surface area (Å²) in [5, 5.41) is 4.28. The predicted molar refractivity (Wildman–Crippen MR) is 106 cm³/mol. The summed E-state index contributed by atoms with van der Waals surface area (Å²) >= 11 is 3.41. The molecule has 4 nitrogen and oxygen atoms in total. The number of rotatable bonds is 3. The minimum atomic E-state index is 0.691. The molecule has 0 aliphatic carbocycles. The molecule has 2 aromatic heterocycles. The number of thiazole rings is 2. The van der Waals surface area contributed by atoms with E-state index < -0.39 is 0 Å². The Morgan fingerprint density at radius 2 is 1.81 bits per heavy atom. The zero-order chi connectivity index (χ0) is 17.3. The highest BCUT2D eigenvalue weighted by Gasteiger charge is 2.14. The van der Waals surface area contributed by atoms with Gasteiger partial charge in [0.25, 0.3) is 0 Å². The second-order valence-electron chi connectivity index (χ2n) is 6.09. The summed E-state index contributed by atoms with van der Waals surface area (Å²) in [6, 6.07) is 14.3. The molecule has 0 radical (unpaired) electrons. The van der Waals surface area contributed by atoms with Crippen molar-refractivity contribution in [2.45, 2.75) is 12.8 Å². The third-order valence-corrected chi connectivity index (χ3v) is 6.12. The SMILES string of the molecule is c1ccc2sc(Cc3nc(-c4ccc5c(c4)OCCCO5)cs3)nc2c1. The lowest BCUT2D eigenvalue weighted by Gasteiger charge is -2.08. The molecule has 0 spiro atoms. The lowest BCUT2D eigenvalue weighted by atomic mass is 10.1. The fourth-order valence-corrected chi connectivity index (χ4v) is 4.84. The van der Waals surface area contributed by atoms with Crippen LogP contribution in [0.3, 0.4) is 0 Å². The average Bonchev–Trinajstić information content (AvgIpc) is 3.22. The van der Waals surface area contributed by atoms with Crippen LogP contribution in [0, 0.1) is 0 Å². The molecule has 0 saturated carbocycles. The maximum absolute atomic E-state index is 5.79. The summed E-state index contributed by atoms with van der Waals surface area (Å²) in [6.45, 7) is 1.39. The Bertz CT molecular complexity index is 1040. The molecule has 0 N–H and O–H groups in total. The van der Waals surface area contributed by atoms with Gasteiger partial charge < -0.3 is 9.47 Å². The normalized spacial score (nSPS) is 13.7. The number of benzene rings is 2. The summed E-state index contributed by atoms with van der Waals surface area (Å²) in [5.41, 5.74) is 3.09. The number of nitrogens with zero attached hydrogens (tertiary/aromatic N) is 2. The van der Waals surface area contributed by atoms with Gasteiger partial charge in [-0.3, -0.25) is 0 Å². The van der Waals surface area contributed by atoms with E-state index in [4.69, 9.17) is 19.4 Å². The first-order chi connectivity index (χ1) is 12.8. The quantitative estimate of drug-likeness (QED) is 0.492. The number of hydrogen-bond acceptors (Lipinski definition) is 6. The number of para-hydroxylation sites is 1. The zero-order valence-electron chi connectivity index (χ0n) is 14.0. The standard InChI is InChI=1S/C20H16N2O2S2/c1-2-5-18-14(4-1)21-20(26-18)11-19-22-15(12-25-19)13-6-7-16-17(10-13)24-9-3-8-23-16/h1-2,4-7,10,12H,3,8-9,11H2. The Morgan fingerprint density at radius 3 is 2.73 bits per heavy atom. The molecule has 2 aromatic carbocycles. The van der Waals surface area contributed by atoms with E-state index >= 15 is 0 Å². The van der Waals surface area contributed by atoms with Gasteiger partial charge in [0.1, 0.15) is 10.0 Å². The van der Waals surface area contributed by atoms with Gasteiger partial charge in [0.2, 0.25) is 0 Å². The molecule has 3 heterocycles. The van der Waals surface area contributed by atoms with Crippen LogP contribution < -0.4 is 9.47 Å². The molecule has 0 amide bonds. The number of hydrogen-bond donors (Lipinski definition) is 0. The van der Waals surface area contributed by atoms with E-state index in [1.54, 1.807) is 22.7 Å². The first kappa shape index (κ1) is 15.8. The zero-order valence-corrected chi connectivity index (χ0v) is 15.6. The van der Waals surface area contributed by atoms with Crippen LogP contribution in [-0.2, 0) is 6.42 Å². The van der Waals surface area contributed by atoms with Crippen molar-refractivity contribution in [2.24, 2.45) is 0 Å². The lowest BCUT2D eigenvalue weighted by molar-refractivity contribution is 0.297. The van der Waals surface area contributed by atoms with Gasteiger partial charge in [0.15, 0.2) is 11.5 Å². The second kappa shape index (κ2) is 6.70. The van der Waals surface area contributed by atoms with Crippen molar-refractivity contribution < 1.29 is 9.47 Å². The molecule has 130 valence electrons. The predicted octanol–water partition coefficient (Wildman–Crippen LogP) is 5.17. The molecule has 5 rings (SSSR count). The Morgan fingerprint density at radius 1 is 0.923 bits per heavy atom. The minimum Gasteiger partial charge on any atom is -0.490 e. The van der Waals surface area contributed by atoms with Gasteiger partial charge >= 0.3 is 0 Å². The molecule has 1 aliphatic rings.